The summed E-state index contributed by atoms with van der Waals surface area (Å²) in [6.45, 7) is 4.45. The minimum absolute atomic E-state index is 0.303. The van der Waals surface area contributed by atoms with E-state index in [0.717, 1.165) is 38.5 Å². The maximum atomic E-state index is 12.5. The first kappa shape index (κ1) is 45.3. The maximum Gasteiger partial charge on any atom is 0.266 e. The van der Waals surface area contributed by atoms with Gasteiger partial charge in [0.2, 0.25) is 5.91 Å². The standard InChI is InChI=1S/C38H77NO6S/c1-3-5-7-9-11-12-13-14-15-16-17-18-19-20-21-22-23-24-25-27-29-31-33-37(41)38(42)39-35(34-46(43,44)45)36(40)32-30-28-26-10-8-6-4-2/h35-37,40-41H,3-34H2,1-2H3,(H,39,42)(H,43,44,45). The summed E-state index contributed by atoms with van der Waals surface area (Å²) in [6.07, 6.45) is 34.5. The van der Waals surface area contributed by atoms with Crippen molar-refractivity contribution in [2.75, 3.05) is 5.75 Å². The number of nitrogens with one attached hydrogen (secondary N) is 1. The molecule has 1 amide bonds. The lowest BCUT2D eigenvalue weighted by molar-refractivity contribution is -0.131. The second-order valence-electron chi connectivity index (χ2n) is 14.1. The highest BCUT2D eigenvalue weighted by Crippen LogP contribution is 2.16. The molecule has 276 valence electrons. The Balaban J connectivity index is 3.77. The monoisotopic (exact) mass is 676 g/mol. The van der Waals surface area contributed by atoms with Crippen LogP contribution in [0.3, 0.4) is 0 Å². The van der Waals surface area contributed by atoms with Gasteiger partial charge in [0.15, 0.2) is 0 Å². The Morgan fingerprint density at radius 2 is 0.783 bits per heavy atom. The van der Waals surface area contributed by atoms with Gasteiger partial charge < -0.3 is 15.5 Å². The Bertz CT molecular complexity index is 762. The smallest absolute Gasteiger partial charge is 0.266 e. The number of hydrogen-bond donors (Lipinski definition) is 4. The first-order chi connectivity index (χ1) is 22.2. The Labute approximate surface area is 285 Å². The van der Waals surface area contributed by atoms with E-state index in [1.165, 1.54) is 141 Å². The van der Waals surface area contributed by atoms with Crippen LogP contribution < -0.4 is 5.32 Å². The molecule has 0 radical (unpaired) electrons. The van der Waals surface area contributed by atoms with Crippen LogP contribution in [0.1, 0.15) is 213 Å². The number of hydrogen-bond acceptors (Lipinski definition) is 5. The van der Waals surface area contributed by atoms with E-state index in [4.69, 9.17) is 0 Å². The van der Waals surface area contributed by atoms with E-state index in [9.17, 15) is 28.0 Å². The lowest BCUT2D eigenvalue weighted by Gasteiger charge is -2.24. The van der Waals surface area contributed by atoms with Crippen LogP contribution >= 0.6 is 0 Å². The first-order valence-electron chi connectivity index (χ1n) is 19.8. The largest absolute Gasteiger partial charge is 0.391 e. The van der Waals surface area contributed by atoms with Gasteiger partial charge in [-0.25, -0.2) is 0 Å². The van der Waals surface area contributed by atoms with E-state index in [1.807, 2.05) is 0 Å². The highest BCUT2D eigenvalue weighted by atomic mass is 32.2. The van der Waals surface area contributed by atoms with E-state index >= 15 is 0 Å². The molecule has 3 unspecified atom stereocenters. The molecular weight excluding hydrogens is 598 g/mol. The van der Waals surface area contributed by atoms with Crippen molar-refractivity contribution >= 4 is 16.0 Å². The zero-order valence-electron chi connectivity index (χ0n) is 30.3. The summed E-state index contributed by atoms with van der Waals surface area (Å²) >= 11 is 0. The van der Waals surface area contributed by atoms with Gasteiger partial charge in [-0.15, -0.1) is 0 Å². The van der Waals surface area contributed by atoms with Gasteiger partial charge in [-0.3, -0.25) is 9.35 Å². The molecule has 0 aromatic carbocycles. The molecule has 0 saturated heterocycles. The summed E-state index contributed by atoms with van der Waals surface area (Å²) in [6, 6.07) is -1.14. The van der Waals surface area contributed by atoms with Gasteiger partial charge in [-0.1, -0.05) is 200 Å². The topological polar surface area (TPSA) is 124 Å². The molecular formula is C38H77NO6S. The molecule has 0 aliphatic rings. The SMILES string of the molecule is CCCCCCCCCCCCCCCCCCCCCCCCC(O)C(=O)NC(CS(=O)(=O)O)C(O)CCCCCCCCC. The third-order valence-electron chi connectivity index (χ3n) is 9.42. The van der Waals surface area contributed by atoms with E-state index in [-0.39, 0.29) is 0 Å². The summed E-state index contributed by atoms with van der Waals surface area (Å²) in [5.74, 6) is -1.45. The summed E-state index contributed by atoms with van der Waals surface area (Å²) in [7, 11) is -4.39. The van der Waals surface area contributed by atoms with Gasteiger partial charge in [0.1, 0.15) is 6.10 Å². The number of unbranched alkanes of at least 4 members (excludes halogenated alkanes) is 27. The lowest BCUT2D eigenvalue weighted by Crippen LogP contribution is -2.50. The van der Waals surface area contributed by atoms with Crippen molar-refractivity contribution in [1.29, 1.82) is 0 Å². The van der Waals surface area contributed by atoms with Gasteiger partial charge in [-0.2, -0.15) is 8.42 Å². The molecule has 0 aromatic rings. The Morgan fingerprint density at radius 3 is 1.09 bits per heavy atom. The number of amides is 1. The molecule has 46 heavy (non-hydrogen) atoms. The van der Waals surface area contributed by atoms with Crippen LogP contribution in [0.15, 0.2) is 0 Å². The maximum absolute atomic E-state index is 12.5. The van der Waals surface area contributed by atoms with Gasteiger partial charge in [-0.05, 0) is 12.8 Å². The number of aliphatic hydroxyl groups is 2. The fourth-order valence-electron chi connectivity index (χ4n) is 6.34. The number of carbonyl (C=O) groups is 1. The third kappa shape index (κ3) is 31.9. The zero-order chi connectivity index (χ0) is 34.1. The molecule has 0 aromatic heterocycles. The normalized spacial score (nSPS) is 13.9. The Morgan fingerprint density at radius 1 is 0.500 bits per heavy atom. The Hall–Kier alpha value is -0.700. The van der Waals surface area contributed by atoms with Crippen molar-refractivity contribution in [2.24, 2.45) is 0 Å². The molecule has 0 bridgehead atoms. The average Bonchev–Trinajstić information content (AvgIpc) is 3.01. The molecule has 8 heteroatoms. The molecule has 0 aliphatic heterocycles. The second kappa shape index (κ2) is 32.8. The highest BCUT2D eigenvalue weighted by Gasteiger charge is 2.28. The number of aliphatic hydroxyl groups excluding tert-OH is 2. The van der Waals surface area contributed by atoms with Gasteiger partial charge in [0.25, 0.3) is 10.1 Å². The fraction of sp³-hybridized carbons (Fsp3) is 0.974. The molecule has 7 nitrogen and oxygen atoms in total. The van der Waals surface area contributed by atoms with E-state index in [0.29, 0.717) is 19.3 Å². The van der Waals surface area contributed by atoms with Crippen LogP contribution in [0.4, 0.5) is 0 Å². The van der Waals surface area contributed by atoms with E-state index < -0.39 is 40.0 Å². The van der Waals surface area contributed by atoms with Crippen LogP contribution in [0.25, 0.3) is 0 Å². The number of rotatable bonds is 36. The minimum atomic E-state index is -4.39. The molecule has 0 heterocycles. The third-order valence-corrected chi connectivity index (χ3v) is 10.2. The van der Waals surface area contributed by atoms with Crippen LogP contribution in [-0.4, -0.2) is 53.1 Å². The molecule has 3 atom stereocenters. The van der Waals surface area contributed by atoms with Crippen molar-refractivity contribution in [3.63, 3.8) is 0 Å². The molecule has 0 fully saturated rings. The van der Waals surface area contributed by atoms with Crippen LogP contribution in [0.5, 0.6) is 0 Å². The summed E-state index contributed by atoms with van der Waals surface area (Å²) in [5.41, 5.74) is 0. The van der Waals surface area contributed by atoms with Crippen molar-refractivity contribution in [3.05, 3.63) is 0 Å². The minimum Gasteiger partial charge on any atom is -0.391 e. The predicted molar refractivity (Wildman–Crippen MR) is 195 cm³/mol. The van der Waals surface area contributed by atoms with Crippen molar-refractivity contribution in [1.82, 2.24) is 5.32 Å². The summed E-state index contributed by atoms with van der Waals surface area (Å²) < 4.78 is 32.3. The van der Waals surface area contributed by atoms with Gasteiger partial charge in [0, 0.05) is 0 Å². The summed E-state index contributed by atoms with van der Waals surface area (Å²) in [4.78, 5) is 12.5. The molecule has 0 aliphatic carbocycles. The van der Waals surface area contributed by atoms with E-state index in [2.05, 4.69) is 19.2 Å². The second-order valence-corrected chi connectivity index (χ2v) is 15.6. The predicted octanol–water partition coefficient (Wildman–Crippen LogP) is 10.2. The lowest BCUT2D eigenvalue weighted by atomic mass is 10.0. The first-order valence-corrected chi connectivity index (χ1v) is 21.4. The zero-order valence-corrected chi connectivity index (χ0v) is 31.2. The fourth-order valence-corrected chi connectivity index (χ4v) is 7.10. The Kier molecular flexibility index (Phi) is 32.3. The number of carbonyl (C=O) groups excluding carboxylic acids is 1. The van der Waals surface area contributed by atoms with Crippen molar-refractivity contribution < 1.29 is 28.0 Å². The van der Waals surface area contributed by atoms with Gasteiger partial charge >= 0.3 is 0 Å². The quantitative estimate of drug-likeness (QED) is 0.0387. The highest BCUT2D eigenvalue weighted by molar-refractivity contribution is 7.85. The van der Waals surface area contributed by atoms with Crippen molar-refractivity contribution in [3.8, 4) is 0 Å². The molecule has 0 saturated carbocycles. The molecule has 4 N–H and O–H groups in total. The van der Waals surface area contributed by atoms with E-state index in [1.54, 1.807) is 0 Å². The molecule has 0 rings (SSSR count). The molecule has 0 spiro atoms. The average molecular weight is 676 g/mol. The van der Waals surface area contributed by atoms with Crippen molar-refractivity contribution in [2.45, 2.75) is 231 Å². The van der Waals surface area contributed by atoms with Crippen LogP contribution in [0.2, 0.25) is 0 Å². The van der Waals surface area contributed by atoms with Gasteiger partial charge in [0.05, 0.1) is 17.9 Å². The van der Waals surface area contributed by atoms with Crippen LogP contribution in [-0.2, 0) is 14.9 Å². The van der Waals surface area contributed by atoms with Crippen LogP contribution in [0, 0.1) is 0 Å². The summed E-state index contributed by atoms with van der Waals surface area (Å²) in [5, 5.41) is 23.3.